The molecule has 0 saturated heterocycles. The van der Waals surface area contributed by atoms with E-state index in [0.717, 1.165) is 0 Å². The first-order valence-corrected chi connectivity index (χ1v) is 32.9. The molecule has 0 saturated carbocycles. The third-order valence-corrected chi connectivity index (χ3v) is 37.2. The molecule has 0 aromatic heterocycles. The Morgan fingerprint density at radius 2 is 0.388 bits per heavy atom. The molecule has 0 aromatic rings. The predicted octanol–water partition coefficient (Wildman–Crippen LogP) is 1.12. The van der Waals surface area contributed by atoms with Gasteiger partial charge in [-0.1, -0.05) is 111 Å². The van der Waals surface area contributed by atoms with E-state index in [1.807, 2.05) is 111 Å². The summed E-state index contributed by atoms with van der Waals surface area (Å²) < 4.78 is 7.83. The monoisotopic (exact) mass is 1190 g/mol. The second-order valence-corrected chi connectivity index (χ2v) is 44.8. The van der Waals surface area contributed by atoms with E-state index in [1.165, 1.54) is 0 Å². The van der Waals surface area contributed by atoms with E-state index in [4.69, 9.17) is 4.21 Å². The fourth-order valence-electron chi connectivity index (χ4n) is 4.24. The van der Waals surface area contributed by atoms with E-state index in [1.54, 1.807) is 0 Å². The molecule has 0 unspecified atom stereocenters. The standard InChI is InChI=1S/4C6H14O2PS2.3Mo.OS/c4*1-5(2)11(6(3)4)9(7,8)10;;;;1-2/h4*5-6H,1-4H3;;;;/q4*-3;3*+4;. The maximum absolute atomic E-state index is 11.1. The van der Waals surface area contributed by atoms with E-state index >= 15 is 0 Å². The van der Waals surface area contributed by atoms with E-state index in [-0.39, 0.29) is 105 Å². The summed E-state index contributed by atoms with van der Waals surface area (Å²) in [5.74, 6) is 0. The van der Waals surface area contributed by atoms with Crippen molar-refractivity contribution < 1.29 is 107 Å². The van der Waals surface area contributed by atoms with Crippen LogP contribution in [0.4, 0.5) is 0 Å². The summed E-state index contributed by atoms with van der Waals surface area (Å²) in [5.41, 5.74) is -14.1. The van der Waals surface area contributed by atoms with E-state index in [9.17, 15) is 39.1 Å². The molecule has 0 aliphatic carbocycles. The van der Waals surface area contributed by atoms with Gasteiger partial charge in [0, 0.05) is 0 Å². The summed E-state index contributed by atoms with van der Waals surface area (Å²) in [4.78, 5) is 88.6. The Bertz CT molecular complexity index is 864. The Kier molecular flexibility index (Phi) is 52.2. The molecule has 0 radical (unpaired) electrons. The zero-order valence-electron chi connectivity index (χ0n) is 31.0. The van der Waals surface area contributed by atoms with Gasteiger partial charge in [-0.15, -0.1) is 0 Å². The summed E-state index contributed by atoms with van der Waals surface area (Å²) in [6.45, 7) is 30.4. The molecule has 0 fully saturated rings. The van der Waals surface area contributed by atoms with Gasteiger partial charge in [0.2, 0.25) is 0 Å². The van der Waals surface area contributed by atoms with Gasteiger partial charge < -0.3 is 111 Å². The smallest absolute Gasteiger partial charge is 0.854 e. The van der Waals surface area contributed by atoms with Crippen molar-refractivity contribution in [2.75, 3.05) is 0 Å². The molecule has 0 aromatic carbocycles. The molecule has 298 valence electrons. The molecule has 0 aliphatic heterocycles. The molecule has 0 N–H and O–H groups in total. The largest absolute Gasteiger partial charge is 4.00 e. The minimum atomic E-state index is -3.53. The van der Waals surface area contributed by atoms with Crippen LogP contribution in [0.1, 0.15) is 111 Å². The van der Waals surface area contributed by atoms with Gasteiger partial charge in [-0.3, -0.25) is 0 Å². The van der Waals surface area contributed by atoms with Gasteiger partial charge in [0.05, 0.1) is 0 Å². The van der Waals surface area contributed by atoms with Crippen molar-refractivity contribution in [1.82, 2.24) is 0 Å². The maximum atomic E-state index is 11.1. The molecular formula is C24H56Mo3O9P4S9. The summed E-state index contributed by atoms with van der Waals surface area (Å²) >= 11 is 20.7. The quantitative estimate of drug-likeness (QED) is 0.190. The van der Waals surface area contributed by atoms with Crippen LogP contribution in [0.5, 0.6) is 0 Å². The van der Waals surface area contributed by atoms with Crippen LogP contribution in [0.25, 0.3) is 0 Å². The number of rotatable bonds is 8. The van der Waals surface area contributed by atoms with Crippen LogP contribution in [0, 0.1) is 0 Å². The second kappa shape index (κ2) is 35.1. The number of hydrogen-bond acceptors (Lipinski definition) is 14. The van der Waals surface area contributed by atoms with Gasteiger partial charge in [-0.25, -0.2) is 40.3 Å². The third-order valence-electron chi connectivity index (χ3n) is 4.90. The van der Waals surface area contributed by atoms with E-state index < -0.39 is 63.1 Å². The van der Waals surface area contributed by atoms with Crippen molar-refractivity contribution in [1.29, 1.82) is 0 Å². The topological polar surface area (TPSA) is 202 Å². The Hall–Kier alpha value is 6.28. The van der Waals surface area contributed by atoms with Crippen LogP contribution in [0.3, 0.4) is 0 Å². The van der Waals surface area contributed by atoms with Gasteiger partial charge >= 0.3 is 63.2 Å². The average Bonchev–Trinajstić information content (AvgIpc) is 2.69. The molecule has 9 nitrogen and oxygen atoms in total. The van der Waals surface area contributed by atoms with Crippen LogP contribution >= 0.6 is 22.8 Å². The summed E-state index contributed by atoms with van der Waals surface area (Å²) in [6.07, 6.45) is 0. The molecule has 0 atom stereocenters. The minimum Gasteiger partial charge on any atom is -0.854 e. The summed E-state index contributed by atoms with van der Waals surface area (Å²) in [5, 5.41) is 1.19. The van der Waals surface area contributed by atoms with Crippen LogP contribution in [-0.4, -0.2) is 46.2 Å². The molecule has 49 heavy (non-hydrogen) atoms. The molecule has 0 spiro atoms. The van der Waals surface area contributed by atoms with E-state index in [2.05, 4.69) is 61.5 Å². The summed E-state index contributed by atoms with van der Waals surface area (Å²) in [6, 6.07) is 0. The van der Waals surface area contributed by atoms with Crippen LogP contribution in [0.2, 0.25) is 0 Å². The third kappa shape index (κ3) is 38.3. The zero-order chi connectivity index (χ0) is 38.9. The van der Waals surface area contributed by atoms with Crippen LogP contribution in [-0.2, 0) is 165 Å². The van der Waals surface area contributed by atoms with Gasteiger partial charge in [-0.05, 0) is 42.0 Å². The fourth-order valence-corrected chi connectivity index (χ4v) is 37.5. The van der Waals surface area contributed by atoms with Crippen molar-refractivity contribution in [3.63, 3.8) is 0 Å². The first-order valence-electron chi connectivity index (χ1n) is 14.2. The van der Waals surface area contributed by atoms with Crippen molar-refractivity contribution in [2.45, 2.75) is 153 Å². The maximum Gasteiger partial charge on any atom is 4.00 e. The summed E-state index contributed by atoms with van der Waals surface area (Å²) in [7, 11) is -2.52. The molecule has 0 amide bonds. The minimum absolute atomic E-state index is 0. The average molecular weight is 1190 g/mol. The van der Waals surface area contributed by atoms with E-state index in [0.29, 0.717) is 0 Å². The van der Waals surface area contributed by atoms with Crippen molar-refractivity contribution in [3.05, 3.63) is 0 Å². The Morgan fingerprint density at radius 1 is 0.327 bits per heavy atom. The van der Waals surface area contributed by atoms with Crippen LogP contribution < -0.4 is 39.1 Å². The molecular weight excluding hydrogens is 1130 g/mol. The molecule has 0 heterocycles. The molecule has 25 heteroatoms. The zero-order valence-corrected chi connectivity index (χ0v) is 47.9. The van der Waals surface area contributed by atoms with Gasteiger partial charge in [0.15, 0.2) is 12.5 Å². The normalized spacial score (nSPS) is 12.3. The van der Waals surface area contributed by atoms with Gasteiger partial charge in [0.1, 0.15) is 0 Å². The molecule has 0 rings (SSSR count). The van der Waals surface area contributed by atoms with Crippen molar-refractivity contribution in [3.8, 4) is 0 Å². The molecule has 0 aliphatic rings. The number of hydrogen-bond donors (Lipinski definition) is 0. The SMILES string of the molecule is CC(C)S(C(C)C)=P([O-])([O-])[S-].CC(C)S(C(C)C)=P([O-])([O-])[S-].CC(C)S(C(C)C)=P([O-])([O-])[S-].CC(C)S(C(C)C)=P([O-])([O-])[S-].O=S.[Mo+4].[Mo+4].[Mo+4]. The second-order valence-electron chi connectivity index (χ2n) is 11.6. The molecule has 0 bridgehead atoms. The van der Waals surface area contributed by atoms with Crippen molar-refractivity contribution in [2.24, 2.45) is 0 Å². The fraction of sp³-hybridized carbons (Fsp3) is 1.00. The Morgan fingerprint density at radius 3 is 0.388 bits per heavy atom. The first kappa shape index (κ1) is 72.9. The first-order chi connectivity index (χ1) is 20.1. The van der Waals surface area contributed by atoms with Crippen molar-refractivity contribution >= 4 is 125 Å². The van der Waals surface area contributed by atoms with Gasteiger partial charge in [0.25, 0.3) is 0 Å². The van der Waals surface area contributed by atoms with Crippen LogP contribution in [0.15, 0.2) is 0 Å². The Balaban J connectivity index is -0.0000000734. The predicted molar refractivity (Wildman–Crippen MR) is 216 cm³/mol. The van der Waals surface area contributed by atoms with Gasteiger partial charge in [-0.2, -0.15) is 4.21 Å². The Labute approximate surface area is 379 Å².